The fourth-order valence-corrected chi connectivity index (χ4v) is 3.19. The van der Waals surface area contributed by atoms with Crippen LogP contribution in [0.3, 0.4) is 0 Å². The number of rotatable bonds is 2. The van der Waals surface area contributed by atoms with Gasteiger partial charge in [-0.1, -0.05) is 19.0 Å². The van der Waals surface area contributed by atoms with E-state index in [9.17, 15) is 0 Å². The summed E-state index contributed by atoms with van der Waals surface area (Å²) in [6.45, 7) is 4.58. The van der Waals surface area contributed by atoms with E-state index >= 15 is 0 Å². The number of nitrogens with zero attached hydrogens (tertiary/aromatic N) is 2. The summed E-state index contributed by atoms with van der Waals surface area (Å²) in [5.41, 5.74) is 0. The lowest BCUT2D eigenvalue weighted by Crippen LogP contribution is -2.32. The van der Waals surface area contributed by atoms with E-state index in [1.807, 2.05) is 0 Å². The van der Waals surface area contributed by atoms with E-state index in [0.29, 0.717) is 5.92 Å². The zero-order valence-electron chi connectivity index (χ0n) is 7.97. The van der Waals surface area contributed by atoms with Crippen LogP contribution in [0.4, 0.5) is 0 Å². The molecule has 70 valence electrons. The molecule has 2 aliphatic carbocycles. The Morgan fingerprint density at radius 2 is 2.38 bits per heavy atom. The van der Waals surface area contributed by atoms with Crippen LogP contribution in [0.1, 0.15) is 32.0 Å². The van der Waals surface area contributed by atoms with E-state index in [1.165, 1.54) is 12.8 Å². The van der Waals surface area contributed by atoms with Gasteiger partial charge in [0.1, 0.15) is 0 Å². The van der Waals surface area contributed by atoms with Gasteiger partial charge in [0.05, 0.1) is 0 Å². The minimum atomic E-state index is 0.484. The molecule has 3 heteroatoms. The molecule has 0 aliphatic heterocycles. The molecule has 1 aromatic rings. The molecular weight excluding hydrogens is 164 g/mol. The van der Waals surface area contributed by atoms with Gasteiger partial charge in [0.2, 0.25) is 6.39 Å². The average molecular weight is 178 g/mol. The number of hydrogen-bond donors (Lipinski definition) is 0. The van der Waals surface area contributed by atoms with Crippen LogP contribution in [-0.2, 0) is 0 Å². The molecule has 0 amide bonds. The molecule has 3 nitrogen and oxygen atoms in total. The van der Waals surface area contributed by atoms with Gasteiger partial charge in [0, 0.05) is 5.92 Å². The van der Waals surface area contributed by atoms with Crippen molar-refractivity contribution in [2.24, 2.45) is 23.7 Å². The molecule has 2 fully saturated rings. The van der Waals surface area contributed by atoms with Gasteiger partial charge < -0.3 is 4.52 Å². The third-order valence-electron chi connectivity index (χ3n) is 4.03. The molecule has 0 bridgehead atoms. The predicted octanol–water partition coefficient (Wildman–Crippen LogP) is 2.08. The van der Waals surface area contributed by atoms with Crippen LogP contribution in [0, 0.1) is 23.7 Å². The van der Waals surface area contributed by atoms with Crippen molar-refractivity contribution >= 4 is 0 Å². The lowest BCUT2D eigenvalue weighted by Gasteiger charge is -2.36. The summed E-state index contributed by atoms with van der Waals surface area (Å²) in [7, 11) is 0. The highest BCUT2D eigenvalue weighted by Crippen LogP contribution is 2.67. The Hall–Kier alpha value is -0.860. The molecular formula is C10H14N2O. The summed E-state index contributed by atoms with van der Waals surface area (Å²) < 4.78 is 4.78. The zero-order chi connectivity index (χ0) is 9.00. The highest BCUT2D eigenvalue weighted by molar-refractivity contribution is 5.13. The standard InChI is InChI=1S/C10H14N2O/c1-5-7-3-8(7)9(5)6(2)10-11-4-13-12-10/h4-9H,3H2,1-2H3. The van der Waals surface area contributed by atoms with E-state index in [1.54, 1.807) is 0 Å². The molecule has 0 saturated heterocycles. The monoisotopic (exact) mass is 178 g/mol. The molecule has 0 radical (unpaired) electrons. The molecule has 0 N–H and O–H groups in total. The van der Waals surface area contributed by atoms with Crippen molar-refractivity contribution in [2.45, 2.75) is 26.2 Å². The SMILES string of the molecule is CC(c1ncon1)C1C(C)C2CC21. The topological polar surface area (TPSA) is 38.9 Å². The maximum absolute atomic E-state index is 4.78. The summed E-state index contributed by atoms with van der Waals surface area (Å²) in [6.07, 6.45) is 2.87. The van der Waals surface area contributed by atoms with Gasteiger partial charge in [-0.3, -0.25) is 0 Å². The third kappa shape index (κ3) is 0.901. The Morgan fingerprint density at radius 3 is 2.92 bits per heavy atom. The van der Waals surface area contributed by atoms with Crippen LogP contribution in [0.2, 0.25) is 0 Å². The molecule has 1 heterocycles. The highest BCUT2D eigenvalue weighted by atomic mass is 16.5. The second-order valence-electron chi connectivity index (χ2n) is 4.58. The summed E-state index contributed by atoms with van der Waals surface area (Å²) in [5, 5.41) is 3.92. The summed E-state index contributed by atoms with van der Waals surface area (Å²) in [4.78, 5) is 4.13. The van der Waals surface area contributed by atoms with Crippen molar-refractivity contribution in [3.8, 4) is 0 Å². The Kier molecular flexibility index (Phi) is 1.35. The van der Waals surface area contributed by atoms with Crippen LogP contribution < -0.4 is 0 Å². The normalized spacial score (nSPS) is 43.5. The minimum Gasteiger partial charge on any atom is -0.343 e. The van der Waals surface area contributed by atoms with Crippen molar-refractivity contribution < 1.29 is 4.52 Å². The van der Waals surface area contributed by atoms with Gasteiger partial charge in [-0.2, -0.15) is 4.98 Å². The zero-order valence-corrected chi connectivity index (χ0v) is 7.97. The van der Waals surface area contributed by atoms with Crippen molar-refractivity contribution in [3.05, 3.63) is 12.2 Å². The first-order valence-corrected chi connectivity index (χ1v) is 5.05. The maximum atomic E-state index is 4.78. The van der Waals surface area contributed by atoms with Gasteiger partial charge in [-0.05, 0) is 30.1 Å². The average Bonchev–Trinajstić information content (AvgIpc) is 2.63. The molecule has 5 unspecified atom stereocenters. The Bertz CT molecular complexity index is 309. The van der Waals surface area contributed by atoms with Crippen molar-refractivity contribution in [1.29, 1.82) is 0 Å². The van der Waals surface area contributed by atoms with E-state index in [0.717, 1.165) is 29.5 Å². The predicted molar refractivity (Wildman–Crippen MR) is 47.0 cm³/mol. The molecule has 2 aliphatic rings. The van der Waals surface area contributed by atoms with Gasteiger partial charge in [-0.15, -0.1) is 0 Å². The van der Waals surface area contributed by atoms with Gasteiger partial charge in [0.15, 0.2) is 5.82 Å². The molecule has 0 aromatic carbocycles. The highest BCUT2D eigenvalue weighted by Gasteiger charge is 2.60. The van der Waals surface area contributed by atoms with Crippen LogP contribution in [0.25, 0.3) is 0 Å². The number of hydrogen-bond acceptors (Lipinski definition) is 3. The molecule has 13 heavy (non-hydrogen) atoms. The van der Waals surface area contributed by atoms with Crippen LogP contribution >= 0.6 is 0 Å². The Morgan fingerprint density at radius 1 is 1.54 bits per heavy atom. The fourth-order valence-electron chi connectivity index (χ4n) is 3.19. The summed E-state index contributed by atoms with van der Waals surface area (Å²) in [5.74, 6) is 5.06. The minimum absolute atomic E-state index is 0.484. The summed E-state index contributed by atoms with van der Waals surface area (Å²) >= 11 is 0. The van der Waals surface area contributed by atoms with Gasteiger partial charge in [0.25, 0.3) is 0 Å². The van der Waals surface area contributed by atoms with E-state index in [4.69, 9.17) is 4.52 Å². The first-order chi connectivity index (χ1) is 6.29. The smallest absolute Gasteiger partial charge is 0.213 e. The molecule has 1 aromatic heterocycles. The molecule has 0 spiro atoms. The van der Waals surface area contributed by atoms with Crippen LogP contribution in [0.15, 0.2) is 10.9 Å². The quantitative estimate of drug-likeness (QED) is 0.696. The fraction of sp³-hybridized carbons (Fsp3) is 0.800. The number of aromatic nitrogens is 2. The lowest BCUT2D eigenvalue weighted by atomic mass is 9.68. The molecule has 5 atom stereocenters. The number of fused-ring (bicyclic) bond motifs is 1. The van der Waals surface area contributed by atoms with Crippen molar-refractivity contribution in [1.82, 2.24) is 10.1 Å². The van der Waals surface area contributed by atoms with Crippen LogP contribution in [-0.4, -0.2) is 10.1 Å². The van der Waals surface area contributed by atoms with Crippen molar-refractivity contribution in [2.75, 3.05) is 0 Å². The lowest BCUT2D eigenvalue weighted by molar-refractivity contribution is 0.140. The van der Waals surface area contributed by atoms with Gasteiger partial charge >= 0.3 is 0 Å². The van der Waals surface area contributed by atoms with E-state index < -0.39 is 0 Å². The van der Waals surface area contributed by atoms with E-state index in [-0.39, 0.29) is 0 Å². The molecule has 2 saturated carbocycles. The second kappa shape index (κ2) is 2.34. The van der Waals surface area contributed by atoms with Gasteiger partial charge in [-0.25, -0.2) is 0 Å². The Balaban J connectivity index is 1.79. The molecule has 3 rings (SSSR count). The van der Waals surface area contributed by atoms with Crippen LogP contribution in [0.5, 0.6) is 0 Å². The third-order valence-corrected chi connectivity index (χ3v) is 4.03. The summed E-state index contributed by atoms with van der Waals surface area (Å²) in [6, 6.07) is 0. The maximum Gasteiger partial charge on any atom is 0.213 e. The Labute approximate surface area is 77.5 Å². The first-order valence-electron chi connectivity index (χ1n) is 5.05. The first kappa shape index (κ1) is 7.54. The second-order valence-corrected chi connectivity index (χ2v) is 4.58. The largest absolute Gasteiger partial charge is 0.343 e. The van der Waals surface area contributed by atoms with Crippen molar-refractivity contribution in [3.63, 3.8) is 0 Å². The van der Waals surface area contributed by atoms with E-state index in [2.05, 4.69) is 24.0 Å².